The van der Waals surface area contributed by atoms with E-state index in [1.807, 2.05) is 0 Å². The zero-order chi connectivity index (χ0) is 12.3. The highest BCUT2D eigenvalue weighted by atomic mass is 79.9. The summed E-state index contributed by atoms with van der Waals surface area (Å²) in [6, 6.07) is 4.93. The molecule has 0 amide bonds. The van der Waals surface area contributed by atoms with Crippen LogP contribution in [0.5, 0.6) is 0 Å². The number of hydrogen-bond donors (Lipinski definition) is 0. The van der Waals surface area contributed by atoms with E-state index in [-0.39, 0.29) is 16.3 Å². The van der Waals surface area contributed by atoms with Gasteiger partial charge in [-0.15, -0.1) is 0 Å². The summed E-state index contributed by atoms with van der Waals surface area (Å²) in [5.74, 6) is -0.350. The lowest BCUT2D eigenvalue weighted by Gasteiger charge is -2.25. The van der Waals surface area contributed by atoms with Crippen LogP contribution in [0.15, 0.2) is 18.2 Å². The summed E-state index contributed by atoms with van der Waals surface area (Å²) in [5.41, 5.74) is 1.32. The van der Waals surface area contributed by atoms with Gasteiger partial charge in [-0.3, -0.25) is 0 Å². The minimum absolute atomic E-state index is 0.208. The summed E-state index contributed by atoms with van der Waals surface area (Å²) in [7, 11) is 0. The van der Waals surface area contributed by atoms with Crippen LogP contribution in [0.4, 0.5) is 4.39 Å². The van der Waals surface area contributed by atoms with E-state index >= 15 is 0 Å². The first-order valence-corrected chi connectivity index (χ1v) is 6.68. The lowest BCUT2D eigenvalue weighted by molar-refractivity contribution is 0.386. The van der Waals surface area contributed by atoms with Crippen LogP contribution >= 0.6 is 27.5 Å². The van der Waals surface area contributed by atoms with Gasteiger partial charge in [-0.2, -0.15) is 0 Å². The highest BCUT2D eigenvalue weighted by Gasteiger charge is 2.21. The second-order valence-electron chi connectivity index (χ2n) is 5.12. The molecule has 3 heteroatoms. The van der Waals surface area contributed by atoms with Crippen LogP contribution in [0.3, 0.4) is 0 Å². The van der Waals surface area contributed by atoms with Crippen LogP contribution in [0.2, 0.25) is 5.02 Å². The monoisotopic (exact) mass is 306 g/mol. The minimum atomic E-state index is -0.350. The molecule has 1 atom stereocenters. The average Bonchev–Trinajstić information content (AvgIpc) is 2.18. The average molecular weight is 308 g/mol. The van der Waals surface area contributed by atoms with Crippen molar-refractivity contribution < 1.29 is 4.39 Å². The molecule has 0 aromatic heterocycles. The first-order valence-electron chi connectivity index (χ1n) is 5.38. The summed E-state index contributed by atoms with van der Waals surface area (Å²) in [6.07, 6.45) is 1.93. The summed E-state index contributed by atoms with van der Waals surface area (Å²) >= 11 is 9.41. The number of alkyl halides is 1. The smallest absolute Gasteiger partial charge is 0.141 e. The van der Waals surface area contributed by atoms with Crippen molar-refractivity contribution in [3.05, 3.63) is 34.6 Å². The number of benzene rings is 1. The van der Waals surface area contributed by atoms with Crippen molar-refractivity contribution in [2.45, 2.75) is 38.4 Å². The number of hydrogen-bond acceptors (Lipinski definition) is 0. The van der Waals surface area contributed by atoms with Crippen molar-refractivity contribution >= 4 is 27.5 Å². The van der Waals surface area contributed by atoms with E-state index in [4.69, 9.17) is 11.6 Å². The third-order valence-corrected chi connectivity index (χ3v) is 4.73. The lowest BCUT2D eigenvalue weighted by Crippen LogP contribution is -2.20. The Labute approximate surface area is 110 Å². The first-order chi connectivity index (χ1) is 7.30. The molecular formula is C13H17BrClF. The standard InChI is InChI=1S/C13H17BrClF/c1-13(2,3)12(14)7-5-9-4-6-11(16)10(15)8-9/h4,6,8,12H,5,7H2,1-3H3. The Morgan fingerprint density at radius 3 is 2.50 bits per heavy atom. The fourth-order valence-electron chi connectivity index (χ4n) is 1.42. The molecular weight excluding hydrogens is 290 g/mol. The van der Waals surface area contributed by atoms with E-state index in [2.05, 4.69) is 36.7 Å². The topological polar surface area (TPSA) is 0 Å². The molecule has 1 aromatic carbocycles. The van der Waals surface area contributed by atoms with Gasteiger partial charge in [0.1, 0.15) is 5.82 Å². The third kappa shape index (κ3) is 4.06. The van der Waals surface area contributed by atoms with Crippen molar-refractivity contribution in [2.75, 3.05) is 0 Å². The summed E-state index contributed by atoms with van der Waals surface area (Å²) in [4.78, 5) is 0.448. The molecule has 0 nitrogen and oxygen atoms in total. The van der Waals surface area contributed by atoms with E-state index in [0.717, 1.165) is 18.4 Å². The normalized spacial score (nSPS) is 13.9. The lowest BCUT2D eigenvalue weighted by atomic mass is 9.89. The molecule has 0 bridgehead atoms. The molecule has 0 heterocycles. The van der Waals surface area contributed by atoms with Gasteiger partial charge in [0.05, 0.1) is 5.02 Å². The van der Waals surface area contributed by atoms with E-state index in [1.54, 1.807) is 12.1 Å². The number of rotatable bonds is 3. The molecule has 0 spiro atoms. The zero-order valence-corrected chi connectivity index (χ0v) is 12.2. The van der Waals surface area contributed by atoms with Crippen molar-refractivity contribution in [2.24, 2.45) is 5.41 Å². The van der Waals surface area contributed by atoms with Crippen LogP contribution in [0.25, 0.3) is 0 Å². The fraction of sp³-hybridized carbons (Fsp3) is 0.538. The maximum atomic E-state index is 12.9. The van der Waals surface area contributed by atoms with E-state index < -0.39 is 0 Å². The molecule has 90 valence electrons. The molecule has 1 rings (SSSR count). The third-order valence-electron chi connectivity index (χ3n) is 2.61. The summed E-state index contributed by atoms with van der Waals surface area (Å²) < 4.78 is 12.9. The Bertz CT molecular complexity index is 357. The number of aryl methyl sites for hydroxylation is 1. The van der Waals surface area contributed by atoms with Gasteiger partial charge < -0.3 is 0 Å². The zero-order valence-electron chi connectivity index (χ0n) is 9.86. The van der Waals surface area contributed by atoms with Gasteiger partial charge >= 0.3 is 0 Å². The molecule has 0 aliphatic rings. The maximum absolute atomic E-state index is 12.9. The predicted octanol–water partition coefficient (Wildman–Crippen LogP) is 5.22. The first kappa shape index (κ1) is 14.0. The molecule has 0 fully saturated rings. The highest BCUT2D eigenvalue weighted by molar-refractivity contribution is 9.09. The Morgan fingerprint density at radius 2 is 2.00 bits per heavy atom. The summed E-state index contributed by atoms with van der Waals surface area (Å²) in [5, 5.41) is 0.208. The molecule has 0 radical (unpaired) electrons. The van der Waals surface area contributed by atoms with Crippen molar-refractivity contribution in [1.29, 1.82) is 0 Å². The fourth-order valence-corrected chi connectivity index (χ4v) is 1.85. The van der Waals surface area contributed by atoms with E-state index in [9.17, 15) is 4.39 Å². The maximum Gasteiger partial charge on any atom is 0.141 e. The molecule has 1 unspecified atom stereocenters. The Balaban J connectivity index is 2.58. The molecule has 0 saturated carbocycles. The van der Waals surface area contributed by atoms with Gasteiger partial charge in [-0.1, -0.05) is 54.4 Å². The van der Waals surface area contributed by atoms with Gasteiger partial charge in [0.15, 0.2) is 0 Å². The number of halogens is 3. The van der Waals surface area contributed by atoms with Crippen LogP contribution in [0, 0.1) is 11.2 Å². The predicted molar refractivity (Wildman–Crippen MR) is 71.9 cm³/mol. The van der Waals surface area contributed by atoms with Gasteiger partial charge in [0.25, 0.3) is 0 Å². The molecule has 0 aliphatic heterocycles. The minimum Gasteiger partial charge on any atom is -0.205 e. The van der Waals surface area contributed by atoms with Gasteiger partial charge in [0.2, 0.25) is 0 Å². The summed E-state index contributed by atoms with van der Waals surface area (Å²) in [6.45, 7) is 6.60. The molecule has 16 heavy (non-hydrogen) atoms. The molecule has 0 aliphatic carbocycles. The SMILES string of the molecule is CC(C)(C)C(Br)CCc1ccc(F)c(Cl)c1. The largest absolute Gasteiger partial charge is 0.205 e. The van der Waals surface area contributed by atoms with Crippen LogP contribution in [-0.4, -0.2) is 4.83 Å². The Hall–Kier alpha value is -0.0800. The van der Waals surface area contributed by atoms with Crippen LogP contribution in [-0.2, 0) is 6.42 Å². The van der Waals surface area contributed by atoms with Crippen molar-refractivity contribution in [3.8, 4) is 0 Å². The molecule has 0 saturated heterocycles. The van der Waals surface area contributed by atoms with Gasteiger partial charge in [-0.25, -0.2) is 4.39 Å². The van der Waals surface area contributed by atoms with E-state index in [1.165, 1.54) is 6.07 Å². The van der Waals surface area contributed by atoms with Crippen molar-refractivity contribution in [3.63, 3.8) is 0 Å². The second kappa shape index (κ2) is 5.50. The highest BCUT2D eigenvalue weighted by Crippen LogP contribution is 2.30. The Morgan fingerprint density at radius 1 is 1.38 bits per heavy atom. The Kier molecular flexibility index (Phi) is 4.81. The molecule has 1 aromatic rings. The van der Waals surface area contributed by atoms with Crippen LogP contribution in [0.1, 0.15) is 32.8 Å². The second-order valence-corrected chi connectivity index (χ2v) is 6.63. The van der Waals surface area contributed by atoms with Gasteiger partial charge in [-0.05, 0) is 36.0 Å². The van der Waals surface area contributed by atoms with E-state index in [0.29, 0.717) is 4.83 Å². The van der Waals surface area contributed by atoms with Crippen LogP contribution < -0.4 is 0 Å². The van der Waals surface area contributed by atoms with Crippen molar-refractivity contribution in [1.82, 2.24) is 0 Å². The quantitative estimate of drug-likeness (QED) is 0.671. The van der Waals surface area contributed by atoms with Gasteiger partial charge in [0, 0.05) is 4.83 Å². The molecule has 0 N–H and O–H groups in total.